The normalized spacial score (nSPS) is 10.9. The van der Waals surface area contributed by atoms with Crippen LogP contribution in [0.15, 0.2) is 97.9 Å². The van der Waals surface area contributed by atoms with Crippen LogP contribution in [0.4, 0.5) is 5.69 Å². The Morgan fingerprint density at radius 2 is 1.64 bits per heavy atom. The van der Waals surface area contributed by atoms with Gasteiger partial charge in [-0.25, -0.2) is 4.79 Å². The van der Waals surface area contributed by atoms with Gasteiger partial charge in [0, 0.05) is 22.8 Å². The quantitative estimate of drug-likeness (QED) is 0.515. The van der Waals surface area contributed by atoms with E-state index < -0.39 is 5.76 Å². The van der Waals surface area contributed by atoms with Gasteiger partial charge in [0.25, 0.3) is 0 Å². The molecule has 3 aromatic carbocycles. The minimum Gasteiger partial charge on any atom is -0.408 e. The van der Waals surface area contributed by atoms with Crippen molar-refractivity contribution in [3.8, 4) is 0 Å². The van der Waals surface area contributed by atoms with Crippen LogP contribution in [0.2, 0.25) is 0 Å². The zero-order chi connectivity index (χ0) is 19.3. The van der Waals surface area contributed by atoms with Gasteiger partial charge in [-0.2, -0.15) is 0 Å². The first kappa shape index (κ1) is 18.1. The average Bonchev–Trinajstić information content (AvgIpc) is 3.04. The Bertz CT molecular complexity index is 1170. The highest BCUT2D eigenvalue weighted by atomic mass is 32.2. The molecule has 1 heterocycles. The fourth-order valence-corrected chi connectivity index (χ4v) is 3.85. The second-order valence-corrected chi connectivity index (χ2v) is 7.31. The summed E-state index contributed by atoms with van der Waals surface area (Å²) in [6.45, 7) is 0.260. The molecule has 28 heavy (non-hydrogen) atoms. The Balaban J connectivity index is 1.46. The number of hydrogen-bond donors (Lipinski definition) is 1. The number of rotatable bonds is 6. The minimum absolute atomic E-state index is 0.154. The van der Waals surface area contributed by atoms with Crippen LogP contribution in [-0.2, 0) is 11.3 Å². The molecule has 0 unspecified atom stereocenters. The molecule has 0 bridgehead atoms. The Morgan fingerprint density at radius 3 is 2.50 bits per heavy atom. The van der Waals surface area contributed by atoms with Crippen molar-refractivity contribution in [2.24, 2.45) is 0 Å². The number of carbonyl (C=O) groups is 1. The molecule has 0 radical (unpaired) electrons. The van der Waals surface area contributed by atoms with Crippen LogP contribution in [0, 0.1) is 0 Å². The van der Waals surface area contributed by atoms with Crippen LogP contribution in [-0.4, -0.2) is 10.5 Å². The third-order valence-corrected chi connectivity index (χ3v) is 5.35. The summed E-state index contributed by atoms with van der Waals surface area (Å²) in [5.41, 5.74) is 1.98. The Morgan fingerprint density at radius 1 is 0.929 bits per heavy atom. The van der Waals surface area contributed by atoms with Crippen molar-refractivity contribution in [1.29, 1.82) is 0 Å². The van der Waals surface area contributed by atoms with Crippen LogP contribution < -0.4 is 11.1 Å². The molecule has 0 aliphatic heterocycles. The first-order valence-electron chi connectivity index (χ1n) is 8.91. The van der Waals surface area contributed by atoms with Gasteiger partial charge >= 0.3 is 5.76 Å². The van der Waals surface area contributed by atoms with Crippen LogP contribution in [0.3, 0.4) is 0 Å². The van der Waals surface area contributed by atoms with Crippen molar-refractivity contribution in [3.63, 3.8) is 0 Å². The van der Waals surface area contributed by atoms with E-state index in [0.717, 1.165) is 15.5 Å². The number of amides is 1. The van der Waals surface area contributed by atoms with E-state index in [2.05, 4.69) is 5.32 Å². The van der Waals surface area contributed by atoms with Gasteiger partial charge in [0.15, 0.2) is 5.58 Å². The number of nitrogens with one attached hydrogen (secondary N) is 1. The summed E-state index contributed by atoms with van der Waals surface area (Å²) in [7, 11) is 0. The molecule has 140 valence electrons. The van der Waals surface area contributed by atoms with Crippen LogP contribution in [0.25, 0.3) is 11.1 Å². The molecular weight excluding hydrogens is 372 g/mol. The smallest absolute Gasteiger partial charge is 0.408 e. The summed E-state index contributed by atoms with van der Waals surface area (Å²) in [6.07, 6.45) is 0.174. The minimum atomic E-state index is -0.450. The molecular formula is C22H18N2O3S. The number of hydrogen-bond acceptors (Lipinski definition) is 4. The molecule has 6 heteroatoms. The molecule has 1 N–H and O–H groups in total. The van der Waals surface area contributed by atoms with Crippen molar-refractivity contribution < 1.29 is 9.21 Å². The first-order chi connectivity index (χ1) is 13.7. The Hall–Kier alpha value is -3.25. The van der Waals surface area contributed by atoms with Gasteiger partial charge in [-0.15, -0.1) is 0 Å². The summed E-state index contributed by atoms with van der Waals surface area (Å²) in [6, 6.07) is 24.9. The van der Waals surface area contributed by atoms with E-state index in [1.165, 1.54) is 4.57 Å². The second kappa shape index (κ2) is 8.19. The number of benzene rings is 3. The predicted molar refractivity (Wildman–Crippen MR) is 111 cm³/mol. The molecule has 5 nitrogen and oxygen atoms in total. The lowest BCUT2D eigenvalue weighted by molar-refractivity contribution is -0.116. The van der Waals surface area contributed by atoms with Gasteiger partial charge in [-0.3, -0.25) is 9.36 Å². The van der Waals surface area contributed by atoms with Crippen molar-refractivity contribution in [2.45, 2.75) is 22.8 Å². The van der Waals surface area contributed by atoms with E-state index >= 15 is 0 Å². The largest absolute Gasteiger partial charge is 0.419 e. The predicted octanol–water partition coefficient (Wildman–Crippen LogP) is 4.77. The van der Waals surface area contributed by atoms with Crippen LogP contribution >= 0.6 is 11.8 Å². The van der Waals surface area contributed by atoms with Gasteiger partial charge in [0.05, 0.1) is 11.2 Å². The standard InChI is InChI=1S/C22H18N2O3S/c25-21(14-15-24-18-11-5-6-12-19(18)27-22(24)26)23-17-10-4-7-13-20(17)28-16-8-2-1-3-9-16/h1-13H,14-15H2,(H,23,25). The Labute approximate surface area is 166 Å². The molecule has 0 aliphatic rings. The molecule has 4 aromatic rings. The summed E-state index contributed by atoms with van der Waals surface area (Å²) >= 11 is 1.59. The number of anilines is 1. The maximum atomic E-state index is 12.5. The second-order valence-electron chi connectivity index (χ2n) is 6.20. The van der Waals surface area contributed by atoms with Gasteiger partial charge in [-0.05, 0) is 36.4 Å². The monoisotopic (exact) mass is 390 g/mol. The zero-order valence-electron chi connectivity index (χ0n) is 15.0. The summed E-state index contributed by atoms with van der Waals surface area (Å²) in [4.78, 5) is 26.6. The van der Waals surface area contributed by atoms with Crippen molar-refractivity contribution >= 4 is 34.5 Å². The summed E-state index contributed by atoms with van der Waals surface area (Å²) in [5.74, 6) is -0.604. The molecule has 0 aliphatic carbocycles. The Kier molecular flexibility index (Phi) is 5.30. The number of aromatic nitrogens is 1. The van der Waals surface area contributed by atoms with Gasteiger partial charge in [-0.1, -0.05) is 54.2 Å². The van der Waals surface area contributed by atoms with E-state index in [9.17, 15) is 9.59 Å². The fraction of sp³-hybridized carbons (Fsp3) is 0.0909. The molecule has 1 amide bonds. The van der Waals surface area contributed by atoms with Gasteiger partial charge in [0.2, 0.25) is 5.91 Å². The lowest BCUT2D eigenvalue weighted by Gasteiger charge is -2.11. The van der Waals surface area contributed by atoms with E-state index in [4.69, 9.17) is 4.42 Å². The summed E-state index contributed by atoms with van der Waals surface area (Å²) in [5, 5.41) is 2.95. The van der Waals surface area contributed by atoms with Crippen molar-refractivity contribution in [2.75, 3.05) is 5.32 Å². The highest BCUT2D eigenvalue weighted by Crippen LogP contribution is 2.33. The SMILES string of the molecule is O=C(CCn1c(=O)oc2ccccc21)Nc1ccccc1Sc1ccccc1. The number of carbonyl (C=O) groups excluding carboxylic acids is 1. The number of fused-ring (bicyclic) bond motifs is 1. The average molecular weight is 390 g/mol. The van der Waals surface area contributed by atoms with E-state index in [-0.39, 0.29) is 18.9 Å². The number of aryl methyl sites for hydroxylation is 1. The highest BCUT2D eigenvalue weighted by molar-refractivity contribution is 7.99. The maximum absolute atomic E-state index is 12.5. The molecule has 4 rings (SSSR count). The maximum Gasteiger partial charge on any atom is 0.419 e. The molecule has 0 fully saturated rings. The molecule has 0 saturated carbocycles. The van der Waals surface area contributed by atoms with Gasteiger partial charge < -0.3 is 9.73 Å². The topological polar surface area (TPSA) is 64.2 Å². The molecule has 0 saturated heterocycles. The van der Waals surface area contributed by atoms with E-state index in [1.807, 2.05) is 72.8 Å². The third kappa shape index (κ3) is 4.02. The summed E-state index contributed by atoms with van der Waals surface area (Å²) < 4.78 is 6.69. The number of nitrogens with zero attached hydrogens (tertiary/aromatic N) is 1. The van der Waals surface area contributed by atoms with E-state index in [0.29, 0.717) is 11.1 Å². The van der Waals surface area contributed by atoms with Crippen molar-refractivity contribution in [3.05, 3.63) is 89.4 Å². The molecule has 0 spiro atoms. The third-order valence-electron chi connectivity index (χ3n) is 4.27. The van der Waals surface area contributed by atoms with Crippen LogP contribution in [0.5, 0.6) is 0 Å². The zero-order valence-corrected chi connectivity index (χ0v) is 15.8. The van der Waals surface area contributed by atoms with Crippen molar-refractivity contribution in [1.82, 2.24) is 4.57 Å². The van der Waals surface area contributed by atoms with Crippen LogP contribution in [0.1, 0.15) is 6.42 Å². The fourth-order valence-electron chi connectivity index (χ4n) is 2.93. The number of para-hydroxylation sites is 3. The number of oxazole rings is 1. The molecule has 0 atom stereocenters. The lowest BCUT2D eigenvalue weighted by Crippen LogP contribution is -2.20. The molecule has 1 aromatic heterocycles. The van der Waals surface area contributed by atoms with Gasteiger partial charge in [0.1, 0.15) is 0 Å². The highest BCUT2D eigenvalue weighted by Gasteiger charge is 2.12. The lowest BCUT2D eigenvalue weighted by atomic mass is 10.3. The first-order valence-corrected chi connectivity index (χ1v) is 9.72. The van der Waals surface area contributed by atoms with E-state index in [1.54, 1.807) is 17.8 Å².